The van der Waals surface area contributed by atoms with Gasteiger partial charge in [0.1, 0.15) is 0 Å². The Morgan fingerprint density at radius 2 is 2.00 bits per heavy atom. The molecule has 1 aromatic rings. The van der Waals surface area contributed by atoms with Gasteiger partial charge in [-0.3, -0.25) is 0 Å². The number of ether oxygens (including phenoxy) is 1. The molecule has 3 rings (SSSR count). The van der Waals surface area contributed by atoms with Crippen molar-refractivity contribution in [3.63, 3.8) is 0 Å². The first-order valence-corrected chi connectivity index (χ1v) is 7.13. The molecule has 0 aromatic heterocycles. The van der Waals surface area contributed by atoms with Gasteiger partial charge in [0.2, 0.25) is 0 Å². The fourth-order valence-corrected chi connectivity index (χ4v) is 3.64. The number of hydrogen-bond acceptors (Lipinski definition) is 2. The molecule has 2 unspecified atom stereocenters. The Balaban J connectivity index is 1.63. The van der Waals surface area contributed by atoms with Crippen LogP contribution in [0.15, 0.2) is 24.3 Å². The van der Waals surface area contributed by atoms with Gasteiger partial charge in [0, 0.05) is 16.9 Å². The third-order valence-electron chi connectivity index (χ3n) is 4.67. The summed E-state index contributed by atoms with van der Waals surface area (Å²) in [5.74, 6) is 0. The fraction of sp³-hybridized carbons (Fsp3) is 0.600. The first kappa shape index (κ1) is 12.5. The van der Waals surface area contributed by atoms with Crippen LogP contribution in [0.2, 0.25) is 5.02 Å². The molecule has 0 bridgehead atoms. The fourth-order valence-electron chi connectivity index (χ4n) is 3.45. The topological polar surface area (TPSA) is 29.5 Å². The summed E-state index contributed by atoms with van der Waals surface area (Å²) in [5, 5.41) is 10.8. The highest BCUT2D eigenvalue weighted by Crippen LogP contribution is 2.54. The van der Waals surface area contributed by atoms with Crippen molar-refractivity contribution in [3.8, 4) is 0 Å². The first-order valence-electron chi connectivity index (χ1n) is 6.75. The Labute approximate surface area is 113 Å². The summed E-state index contributed by atoms with van der Waals surface area (Å²) in [5.41, 5.74) is 1.09. The molecule has 1 aromatic carbocycles. The standard InChI is InChI=1S/C15H19ClO2/c16-12-6-2-1-5-11(12)10-18-14-9-13(17)15(14)7-3-4-8-15/h1-2,5-6,13-14,17H,3-4,7-10H2. The lowest BCUT2D eigenvalue weighted by atomic mass is 9.62. The summed E-state index contributed by atoms with van der Waals surface area (Å²) < 4.78 is 6.01. The van der Waals surface area contributed by atoms with E-state index in [9.17, 15) is 5.11 Å². The van der Waals surface area contributed by atoms with Gasteiger partial charge in [-0.25, -0.2) is 0 Å². The van der Waals surface area contributed by atoms with Crippen LogP contribution >= 0.6 is 11.6 Å². The zero-order valence-corrected chi connectivity index (χ0v) is 11.2. The summed E-state index contributed by atoms with van der Waals surface area (Å²) in [4.78, 5) is 0. The molecule has 2 atom stereocenters. The molecule has 2 fully saturated rings. The average Bonchev–Trinajstić information content (AvgIpc) is 2.88. The van der Waals surface area contributed by atoms with E-state index in [0.717, 1.165) is 29.8 Å². The molecular weight excluding hydrogens is 248 g/mol. The molecule has 2 nitrogen and oxygen atoms in total. The van der Waals surface area contributed by atoms with E-state index in [1.807, 2.05) is 24.3 Å². The second-order valence-corrected chi connectivity index (χ2v) is 5.99. The van der Waals surface area contributed by atoms with Gasteiger partial charge >= 0.3 is 0 Å². The van der Waals surface area contributed by atoms with E-state index in [1.165, 1.54) is 12.8 Å². The van der Waals surface area contributed by atoms with Gasteiger partial charge in [-0.05, 0) is 24.5 Å². The second-order valence-electron chi connectivity index (χ2n) is 5.58. The van der Waals surface area contributed by atoms with E-state index in [1.54, 1.807) is 0 Å². The van der Waals surface area contributed by atoms with Crippen molar-refractivity contribution in [1.82, 2.24) is 0 Å². The predicted octanol–water partition coefficient (Wildman–Crippen LogP) is 3.55. The van der Waals surface area contributed by atoms with Crippen LogP contribution in [0.4, 0.5) is 0 Å². The normalized spacial score (nSPS) is 29.4. The molecule has 0 amide bonds. The maximum atomic E-state index is 10.0. The van der Waals surface area contributed by atoms with Gasteiger partial charge in [0.15, 0.2) is 0 Å². The number of aliphatic hydroxyl groups excluding tert-OH is 1. The molecule has 0 radical (unpaired) electrons. The molecule has 0 aliphatic heterocycles. The lowest BCUT2D eigenvalue weighted by Crippen LogP contribution is -2.56. The lowest BCUT2D eigenvalue weighted by molar-refractivity contribution is -0.194. The number of hydrogen-bond donors (Lipinski definition) is 1. The highest BCUT2D eigenvalue weighted by molar-refractivity contribution is 6.31. The largest absolute Gasteiger partial charge is 0.392 e. The molecule has 2 aliphatic rings. The second kappa shape index (κ2) is 4.84. The van der Waals surface area contributed by atoms with Gasteiger partial charge < -0.3 is 9.84 Å². The summed E-state index contributed by atoms with van der Waals surface area (Å²) in [6.45, 7) is 0.554. The molecule has 0 heterocycles. The van der Waals surface area contributed by atoms with Crippen LogP contribution in [-0.2, 0) is 11.3 Å². The van der Waals surface area contributed by atoms with Crippen molar-refractivity contribution < 1.29 is 9.84 Å². The van der Waals surface area contributed by atoms with Crippen LogP contribution in [0.25, 0.3) is 0 Å². The molecule has 1 N–H and O–H groups in total. The number of benzene rings is 1. The molecule has 1 spiro atoms. The van der Waals surface area contributed by atoms with E-state index in [4.69, 9.17) is 16.3 Å². The van der Waals surface area contributed by atoms with E-state index < -0.39 is 0 Å². The van der Waals surface area contributed by atoms with E-state index in [-0.39, 0.29) is 17.6 Å². The minimum atomic E-state index is -0.156. The average molecular weight is 267 g/mol. The van der Waals surface area contributed by atoms with E-state index in [2.05, 4.69) is 0 Å². The van der Waals surface area contributed by atoms with Gasteiger partial charge in [-0.15, -0.1) is 0 Å². The number of rotatable bonds is 3. The van der Waals surface area contributed by atoms with Crippen molar-refractivity contribution in [2.45, 2.75) is 50.9 Å². The summed E-state index contributed by atoms with van der Waals surface area (Å²) in [7, 11) is 0. The number of aliphatic hydroxyl groups is 1. The zero-order chi connectivity index (χ0) is 12.6. The SMILES string of the molecule is OC1CC(OCc2ccccc2Cl)C12CCCC2. The maximum absolute atomic E-state index is 10.0. The van der Waals surface area contributed by atoms with Crippen LogP contribution in [0.5, 0.6) is 0 Å². The van der Waals surface area contributed by atoms with E-state index >= 15 is 0 Å². The maximum Gasteiger partial charge on any atom is 0.0735 e. The lowest BCUT2D eigenvalue weighted by Gasteiger charge is -2.51. The van der Waals surface area contributed by atoms with Gasteiger partial charge in [-0.2, -0.15) is 0 Å². The van der Waals surface area contributed by atoms with Gasteiger partial charge in [0.05, 0.1) is 18.8 Å². The minimum Gasteiger partial charge on any atom is -0.392 e. The van der Waals surface area contributed by atoms with Crippen molar-refractivity contribution in [2.75, 3.05) is 0 Å². The van der Waals surface area contributed by atoms with Crippen molar-refractivity contribution in [1.29, 1.82) is 0 Å². The van der Waals surface area contributed by atoms with Crippen LogP contribution in [0, 0.1) is 5.41 Å². The quantitative estimate of drug-likeness (QED) is 0.907. The third kappa shape index (κ3) is 1.97. The van der Waals surface area contributed by atoms with Crippen molar-refractivity contribution in [3.05, 3.63) is 34.9 Å². The zero-order valence-electron chi connectivity index (χ0n) is 10.4. The van der Waals surface area contributed by atoms with Crippen LogP contribution < -0.4 is 0 Å². The van der Waals surface area contributed by atoms with Gasteiger partial charge in [0.25, 0.3) is 0 Å². The van der Waals surface area contributed by atoms with E-state index in [0.29, 0.717) is 6.61 Å². The Kier molecular flexibility index (Phi) is 3.35. The van der Waals surface area contributed by atoms with Crippen molar-refractivity contribution >= 4 is 11.6 Å². The van der Waals surface area contributed by atoms with Crippen LogP contribution in [0.3, 0.4) is 0 Å². The molecule has 98 valence electrons. The third-order valence-corrected chi connectivity index (χ3v) is 5.04. The Hall–Kier alpha value is -0.570. The molecule has 18 heavy (non-hydrogen) atoms. The Bertz CT molecular complexity index is 426. The summed E-state index contributed by atoms with van der Waals surface area (Å²) in [6.07, 6.45) is 5.52. The highest BCUT2D eigenvalue weighted by atomic mass is 35.5. The summed E-state index contributed by atoms with van der Waals surface area (Å²) in [6, 6.07) is 7.79. The highest BCUT2D eigenvalue weighted by Gasteiger charge is 2.56. The minimum absolute atomic E-state index is 0.0568. The van der Waals surface area contributed by atoms with Crippen molar-refractivity contribution in [2.24, 2.45) is 5.41 Å². The molecule has 0 saturated heterocycles. The Morgan fingerprint density at radius 1 is 1.28 bits per heavy atom. The van der Waals surface area contributed by atoms with Gasteiger partial charge in [-0.1, -0.05) is 42.6 Å². The molecule has 2 aliphatic carbocycles. The molecular formula is C15H19ClO2. The Morgan fingerprint density at radius 3 is 2.67 bits per heavy atom. The first-order chi connectivity index (χ1) is 8.72. The summed E-state index contributed by atoms with van der Waals surface area (Å²) >= 11 is 6.12. The smallest absolute Gasteiger partial charge is 0.0735 e. The number of halogens is 1. The monoisotopic (exact) mass is 266 g/mol. The van der Waals surface area contributed by atoms with Crippen LogP contribution in [0.1, 0.15) is 37.7 Å². The predicted molar refractivity (Wildman–Crippen MR) is 71.6 cm³/mol. The van der Waals surface area contributed by atoms with Crippen LogP contribution in [-0.4, -0.2) is 17.3 Å². The molecule has 2 saturated carbocycles. The molecule has 3 heteroatoms.